The van der Waals surface area contributed by atoms with Gasteiger partial charge in [0.25, 0.3) is 0 Å². The molecule has 9 heteroatoms. The normalized spacial score (nSPS) is 11.0. The number of carbonyl (C=O) groups excluding carboxylic acids is 2. The van der Waals surface area contributed by atoms with Gasteiger partial charge in [0.2, 0.25) is 0 Å². The van der Waals surface area contributed by atoms with Crippen LogP contribution in [0.5, 0.6) is 11.5 Å². The lowest BCUT2D eigenvalue weighted by molar-refractivity contribution is -0.151. The van der Waals surface area contributed by atoms with Gasteiger partial charge >= 0.3 is 11.9 Å². The first-order valence-electron chi connectivity index (χ1n) is 10.7. The number of hydrogen-bond acceptors (Lipinski definition) is 7. The molecule has 7 nitrogen and oxygen atoms in total. The Hall–Kier alpha value is -3.88. The van der Waals surface area contributed by atoms with Crippen molar-refractivity contribution >= 4 is 50.1 Å². The van der Waals surface area contributed by atoms with Crippen molar-refractivity contribution in [3.8, 4) is 22.8 Å². The fourth-order valence-corrected chi connectivity index (χ4v) is 4.71. The molecule has 0 N–H and O–H groups in total. The minimum absolute atomic E-state index is 0.0402. The molecule has 0 unspecified atom stereocenters. The van der Waals surface area contributed by atoms with E-state index in [9.17, 15) is 9.59 Å². The molecule has 0 spiro atoms. The maximum Gasteiger partial charge on any atom is 0.322 e. The van der Waals surface area contributed by atoms with Gasteiger partial charge in [0.15, 0.2) is 4.96 Å². The third kappa shape index (κ3) is 4.99. The van der Waals surface area contributed by atoms with Gasteiger partial charge in [-0.3, -0.25) is 14.0 Å². The SMILES string of the molecule is COc1ccc(COC(=O)CC(=O)Oc2cc(-c3cn4c(n3)sc3ccccc34)ccc2Cl)cc1. The quantitative estimate of drug-likeness (QED) is 0.155. The first-order valence-corrected chi connectivity index (χ1v) is 11.9. The molecule has 0 aliphatic carbocycles. The van der Waals surface area contributed by atoms with Gasteiger partial charge < -0.3 is 14.2 Å². The minimum atomic E-state index is -0.763. The summed E-state index contributed by atoms with van der Waals surface area (Å²) in [7, 11) is 1.57. The lowest BCUT2D eigenvalue weighted by Gasteiger charge is -2.08. The number of hydrogen-bond donors (Lipinski definition) is 0. The Morgan fingerprint density at radius 1 is 1.03 bits per heavy atom. The van der Waals surface area contributed by atoms with Crippen LogP contribution in [0.1, 0.15) is 12.0 Å². The van der Waals surface area contributed by atoms with Crippen LogP contribution in [0.3, 0.4) is 0 Å². The maximum absolute atomic E-state index is 12.3. The molecule has 5 aromatic rings. The largest absolute Gasteiger partial charge is 0.497 e. The minimum Gasteiger partial charge on any atom is -0.497 e. The number of halogens is 1. The second kappa shape index (κ2) is 9.77. The van der Waals surface area contributed by atoms with Crippen LogP contribution in [0.25, 0.3) is 26.4 Å². The monoisotopic (exact) mass is 506 g/mol. The van der Waals surface area contributed by atoms with Gasteiger partial charge in [-0.25, -0.2) is 4.98 Å². The van der Waals surface area contributed by atoms with Crippen LogP contribution in [-0.4, -0.2) is 28.4 Å². The van der Waals surface area contributed by atoms with Crippen LogP contribution in [0.4, 0.5) is 0 Å². The van der Waals surface area contributed by atoms with Crippen LogP contribution in [0.15, 0.2) is 72.9 Å². The number of thiazole rings is 1. The van der Waals surface area contributed by atoms with E-state index in [1.54, 1.807) is 60.9 Å². The molecule has 2 heterocycles. The molecular weight excluding hydrogens is 488 g/mol. The third-order valence-corrected chi connectivity index (χ3v) is 6.65. The second-order valence-electron chi connectivity index (χ2n) is 7.65. The van der Waals surface area contributed by atoms with E-state index in [0.29, 0.717) is 5.75 Å². The van der Waals surface area contributed by atoms with E-state index in [2.05, 4.69) is 6.07 Å². The molecule has 0 atom stereocenters. The van der Waals surface area contributed by atoms with Gasteiger partial charge in [0.1, 0.15) is 24.5 Å². The molecule has 35 heavy (non-hydrogen) atoms. The van der Waals surface area contributed by atoms with Crippen molar-refractivity contribution in [2.24, 2.45) is 0 Å². The van der Waals surface area contributed by atoms with E-state index in [1.165, 1.54) is 0 Å². The summed E-state index contributed by atoms with van der Waals surface area (Å²) in [6.07, 6.45) is 1.39. The first kappa shape index (κ1) is 22.9. The van der Waals surface area contributed by atoms with Gasteiger partial charge in [-0.15, -0.1) is 0 Å². The molecule has 0 bridgehead atoms. The number of aromatic nitrogens is 2. The Balaban J connectivity index is 1.25. The van der Waals surface area contributed by atoms with Gasteiger partial charge in [-0.1, -0.05) is 53.3 Å². The lowest BCUT2D eigenvalue weighted by atomic mass is 10.1. The molecule has 0 aliphatic heterocycles. The van der Waals surface area contributed by atoms with Crippen LogP contribution in [0, 0.1) is 0 Å². The molecular formula is C26H19ClN2O5S. The topological polar surface area (TPSA) is 79.1 Å². The van der Waals surface area contributed by atoms with E-state index >= 15 is 0 Å². The predicted molar refractivity (Wildman–Crippen MR) is 134 cm³/mol. The molecule has 176 valence electrons. The van der Waals surface area contributed by atoms with Crippen LogP contribution >= 0.6 is 22.9 Å². The number of esters is 2. The second-order valence-corrected chi connectivity index (χ2v) is 9.07. The first-order chi connectivity index (χ1) is 17.0. The molecule has 5 rings (SSSR count). The summed E-state index contributed by atoms with van der Waals surface area (Å²) in [5.74, 6) is -0.607. The van der Waals surface area contributed by atoms with Crippen LogP contribution in [0.2, 0.25) is 5.02 Å². The maximum atomic E-state index is 12.3. The summed E-state index contributed by atoms with van der Waals surface area (Å²) in [5.41, 5.74) is 3.30. The average molecular weight is 507 g/mol. The zero-order chi connectivity index (χ0) is 24.4. The molecule has 0 saturated heterocycles. The third-order valence-electron chi connectivity index (χ3n) is 5.30. The fraction of sp³-hybridized carbons (Fsp3) is 0.115. The number of ether oxygens (including phenoxy) is 3. The highest BCUT2D eigenvalue weighted by Crippen LogP contribution is 2.33. The average Bonchev–Trinajstić information content (AvgIpc) is 3.43. The summed E-state index contributed by atoms with van der Waals surface area (Å²) in [6, 6.07) is 20.2. The molecule has 2 aromatic heterocycles. The molecule has 0 fully saturated rings. The zero-order valence-electron chi connectivity index (χ0n) is 18.6. The van der Waals surface area contributed by atoms with Gasteiger partial charge in [-0.2, -0.15) is 0 Å². The Kier molecular flexibility index (Phi) is 6.39. The van der Waals surface area contributed by atoms with E-state index < -0.39 is 18.4 Å². The van der Waals surface area contributed by atoms with Crippen molar-refractivity contribution in [2.45, 2.75) is 13.0 Å². The molecule has 0 radical (unpaired) electrons. The molecule has 0 amide bonds. The highest BCUT2D eigenvalue weighted by molar-refractivity contribution is 7.23. The van der Waals surface area contributed by atoms with Gasteiger partial charge in [0.05, 0.1) is 28.0 Å². The highest BCUT2D eigenvalue weighted by atomic mass is 35.5. The van der Waals surface area contributed by atoms with Gasteiger partial charge in [0, 0.05) is 11.8 Å². The van der Waals surface area contributed by atoms with E-state index in [1.807, 2.05) is 28.8 Å². The van der Waals surface area contributed by atoms with Crippen molar-refractivity contribution in [3.05, 3.63) is 83.5 Å². The number of rotatable bonds is 7. The number of imidazole rings is 1. The standard InChI is InChI=1S/C26H19ClN2O5S/c1-32-18-9-6-16(7-10-18)15-33-24(30)13-25(31)34-22-12-17(8-11-19(22)27)20-14-29-21-4-2-3-5-23(21)35-26(29)28-20/h2-12,14H,13,15H2,1H3. The Bertz CT molecular complexity index is 1540. The van der Waals surface area contributed by atoms with E-state index in [-0.39, 0.29) is 17.4 Å². The van der Waals surface area contributed by atoms with Crippen molar-refractivity contribution in [3.63, 3.8) is 0 Å². The fourth-order valence-electron chi connectivity index (χ4n) is 3.54. The Morgan fingerprint density at radius 3 is 2.63 bits per heavy atom. The predicted octanol–water partition coefficient (Wildman–Crippen LogP) is 5.92. The summed E-state index contributed by atoms with van der Waals surface area (Å²) >= 11 is 7.83. The van der Waals surface area contributed by atoms with Crippen LogP contribution in [-0.2, 0) is 20.9 Å². The van der Waals surface area contributed by atoms with Crippen molar-refractivity contribution in [2.75, 3.05) is 7.11 Å². The Labute approximate surface area is 209 Å². The molecule has 0 saturated carbocycles. The highest BCUT2D eigenvalue weighted by Gasteiger charge is 2.17. The smallest absolute Gasteiger partial charge is 0.322 e. The molecule has 3 aromatic carbocycles. The van der Waals surface area contributed by atoms with Crippen molar-refractivity contribution in [1.29, 1.82) is 0 Å². The van der Waals surface area contributed by atoms with Crippen molar-refractivity contribution < 1.29 is 23.8 Å². The lowest BCUT2D eigenvalue weighted by Crippen LogP contribution is -2.16. The van der Waals surface area contributed by atoms with E-state index in [4.69, 9.17) is 30.8 Å². The zero-order valence-corrected chi connectivity index (χ0v) is 20.1. The van der Waals surface area contributed by atoms with Crippen molar-refractivity contribution in [1.82, 2.24) is 9.38 Å². The van der Waals surface area contributed by atoms with E-state index in [0.717, 1.165) is 32.0 Å². The van der Waals surface area contributed by atoms with Gasteiger partial charge in [-0.05, 0) is 42.0 Å². The molecule has 0 aliphatic rings. The summed E-state index contributed by atoms with van der Waals surface area (Å²) in [6.45, 7) is 0.0402. The summed E-state index contributed by atoms with van der Waals surface area (Å²) < 4.78 is 18.8. The number of nitrogens with zero attached hydrogens (tertiary/aromatic N) is 2. The van der Waals surface area contributed by atoms with Crippen LogP contribution < -0.4 is 9.47 Å². The summed E-state index contributed by atoms with van der Waals surface area (Å²) in [5, 5.41) is 0.250. The number of fused-ring (bicyclic) bond motifs is 3. The number of para-hydroxylation sites is 1. The Morgan fingerprint density at radius 2 is 1.83 bits per heavy atom. The number of carbonyl (C=O) groups is 2. The summed E-state index contributed by atoms with van der Waals surface area (Å²) in [4.78, 5) is 30.0. The number of methoxy groups -OCH3 is 1. The number of benzene rings is 3.